The van der Waals surface area contributed by atoms with Crippen molar-refractivity contribution in [2.24, 2.45) is 7.05 Å². The van der Waals surface area contributed by atoms with Gasteiger partial charge in [0.25, 0.3) is 5.56 Å². The Hall–Kier alpha value is -1.62. The standard InChI is InChI=1S/C13H17N3OS/c1-9(8-11-5-4-10(2)18-11)15-12-13(17)16(3)7-6-14-12/h4-7,9H,8H2,1-3H3,(H,14,15). The molecular weight excluding hydrogens is 246 g/mol. The molecule has 1 atom stereocenters. The highest BCUT2D eigenvalue weighted by Crippen LogP contribution is 2.17. The molecule has 96 valence electrons. The lowest BCUT2D eigenvalue weighted by atomic mass is 10.2. The topological polar surface area (TPSA) is 46.9 Å². The van der Waals surface area contributed by atoms with Crippen LogP contribution >= 0.6 is 11.3 Å². The summed E-state index contributed by atoms with van der Waals surface area (Å²) in [4.78, 5) is 18.5. The Kier molecular flexibility index (Phi) is 3.81. The van der Waals surface area contributed by atoms with E-state index in [1.807, 2.05) is 0 Å². The van der Waals surface area contributed by atoms with E-state index in [2.05, 4.69) is 36.3 Å². The minimum atomic E-state index is -0.0910. The first-order valence-corrected chi connectivity index (χ1v) is 6.71. The smallest absolute Gasteiger partial charge is 0.293 e. The van der Waals surface area contributed by atoms with Crippen molar-refractivity contribution in [3.8, 4) is 0 Å². The summed E-state index contributed by atoms with van der Waals surface area (Å²) in [6, 6.07) is 4.44. The third-order valence-electron chi connectivity index (χ3n) is 2.70. The molecule has 0 aliphatic rings. The van der Waals surface area contributed by atoms with Gasteiger partial charge >= 0.3 is 0 Å². The van der Waals surface area contributed by atoms with Gasteiger partial charge in [0, 0.05) is 41.7 Å². The van der Waals surface area contributed by atoms with Crippen LogP contribution in [0.5, 0.6) is 0 Å². The highest BCUT2D eigenvalue weighted by atomic mass is 32.1. The zero-order valence-corrected chi connectivity index (χ0v) is 11.6. The van der Waals surface area contributed by atoms with Crippen LogP contribution in [-0.4, -0.2) is 15.6 Å². The zero-order chi connectivity index (χ0) is 13.1. The average molecular weight is 263 g/mol. The molecule has 5 heteroatoms. The van der Waals surface area contributed by atoms with Gasteiger partial charge in [-0.05, 0) is 26.0 Å². The Balaban J connectivity index is 2.05. The van der Waals surface area contributed by atoms with Crippen molar-refractivity contribution in [3.63, 3.8) is 0 Å². The lowest BCUT2D eigenvalue weighted by Gasteiger charge is -2.13. The Morgan fingerprint density at radius 3 is 2.94 bits per heavy atom. The number of anilines is 1. The molecular formula is C13H17N3OS. The molecule has 0 saturated heterocycles. The van der Waals surface area contributed by atoms with Crippen LogP contribution < -0.4 is 10.9 Å². The molecule has 2 aromatic rings. The van der Waals surface area contributed by atoms with Crippen molar-refractivity contribution in [2.75, 3.05) is 5.32 Å². The van der Waals surface area contributed by atoms with Gasteiger partial charge in [-0.2, -0.15) is 0 Å². The Bertz CT molecular complexity index is 588. The fourth-order valence-corrected chi connectivity index (χ4v) is 2.80. The molecule has 0 spiro atoms. The fourth-order valence-electron chi connectivity index (χ4n) is 1.78. The first-order valence-electron chi connectivity index (χ1n) is 5.90. The van der Waals surface area contributed by atoms with Crippen LogP contribution in [-0.2, 0) is 13.5 Å². The normalized spacial score (nSPS) is 12.4. The third kappa shape index (κ3) is 2.98. The van der Waals surface area contributed by atoms with Crippen molar-refractivity contribution in [1.82, 2.24) is 9.55 Å². The first kappa shape index (κ1) is 12.8. The molecule has 0 saturated carbocycles. The van der Waals surface area contributed by atoms with Crippen LogP contribution in [0.3, 0.4) is 0 Å². The Morgan fingerprint density at radius 1 is 1.50 bits per heavy atom. The highest BCUT2D eigenvalue weighted by Gasteiger charge is 2.09. The molecule has 2 aromatic heterocycles. The number of thiophene rings is 1. The van der Waals surface area contributed by atoms with E-state index >= 15 is 0 Å². The second kappa shape index (κ2) is 5.35. The van der Waals surface area contributed by atoms with Crippen LogP contribution in [0.2, 0.25) is 0 Å². The quantitative estimate of drug-likeness (QED) is 0.920. The summed E-state index contributed by atoms with van der Waals surface area (Å²) in [7, 11) is 1.72. The van der Waals surface area contributed by atoms with E-state index < -0.39 is 0 Å². The van der Waals surface area contributed by atoms with Gasteiger partial charge in [-0.1, -0.05) is 0 Å². The summed E-state index contributed by atoms with van der Waals surface area (Å²) in [6.45, 7) is 4.16. The van der Waals surface area contributed by atoms with E-state index in [0.717, 1.165) is 6.42 Å². The molecule has 2 heterocycles. The summed E-state index contributed by atoms with van der Waals surface area (Å²) in [6.07, 6.45) is 4.19. The Morgan fingerprint density at radius 2 is 2.28 bits per heavy atom. The zero-order valence-electron chi connectivity index (χ0n) is 10.8. The van der Waals surface area contributed by atoms with E-state index in [1.165, 1.54) is 14.3 Å². The summed E-state index contributed by atoms with van der Waals surface area (Å²) in [5.41, 5.74) is -0.0910. The number of nitrogens with one attached hydrogen (secondary N) is 1. The maximum Gasteiger partial charge on any atom is 0.293 e. The molecule has 1 N–H and O–H groups in total. The number of hydrogen-bond acceptors (Lipinski definition) is 4. The summed E-state index contributed by atoms with van der Waals surface area (Å²) in [5, 5.41) is 3.17. The van der Waals surface area contributed by atoms with E-state index in [9.17, 15) is 4.79 Å². The van der Waals surface area contributed by atoms with Crippen LogP contribution in [0.15, 0.2) is 29.3 Å². The molecule has 18 heavy (non-hydrogen) atoms. The number of aryl methyl sites for hydroxylation is 2. The molecule has 0 fully saturated rings. The molecule has 0 aromatic carbocycles. The SMILES string of the molecule is Cc1ccc(CC(C)Nc2nccn(C)c2=O)s1. The van der Waals surface area contributed by atoms with Crippen molar-refractivity contribution in [3.05, 3.63) is 44.6 Å². The monoisotopic (exact) mass is 263 g/mol. The van der Waals surface area contributed by atoms with E-state index in [1.54, 1.807) is 30.8 Å². The number of hydrogen-bond donors (Lipinski definition) is 1. The average Bonchev–Trinajstić information content (AvgIpc) is 2.70. The maximum atomic E-state index is 11.8. The lowest BCUT2D eigenvalue weighted by Crippen LogP contribution is -2.27. The molecule has 2 rings (SSSR count). The lowest BCUT2D eigenvalue weighted by molar-refractivity contribution is 0.774. The highest BCUT2D eigenvalue weighted by molar-refractivity contribution is 7.11. The molecule has 0 aliphatic heterocycles. The van der Waals surface area contributed by atoms with Crippen molar-refractivity contribution >= 4 is 17.2 Å². The van der Waals surface area contributed by atoms with E-state index in [-0.39, 0.29) is 11.6 Å². The fraction of sp³-hybridized carbons (Fsp3) is 0.385. The summed E-state index contributed by atoms with van der Waals surface area (Å²) in [5.74, 6) is 0.417. The number of nitrogens with zero attached hydrogens (tertiary/aromatic N) is 2. The molecule has 0 amide bonds. The van der Waals surface area contributed by atoms with E-state index in [4.69, 9.17) is 0 Å². The van der Waals surface area contributed by atoms with Gasteiger partial charge in [-0.3, -0.25) is 4.79 Å². The minimum Gasteiger partial charge on any atom is -0.363 e. The van der Waals surface area contributed by atoms with Crippen molar-refractivity contribution in [2.45, 2.75) is 26.3 Å². The van der Waals surface area contributed by atoms with Gasteiger partial charge in [-0.15, -0.1) is 11.3 Å². The third-order valence-corrected chi connectivity index (χ3v) is 3.73. The Labute approximate surface area is 110 Å². The van der Waals surface area contributed by atoms with Crippen LogP contribution in [0.4, 0.5) is 5.82 Å². The van der Waals surface area contributed by atoms with Gasteiger partial charge < -0.3 is 9.88 Å². The predicted molar refractivity (Wildman–Crippen MR) is 75.3 cm³/mol. The molecule has 1 unspecified atom stereocenters. The molecule has 0 radical (unpaired) electrons. The summed E-state index contributed by atoms with van der Waals surface area (Å²) < 4.78 is 1.53. The predicted octanol–water partition coefficient (Wildman–Crippen LogP) is 2.19. The first-order chi connectivity index (χ1) is 8.56. The molecule has 0 bridgehead atoms. The van der Waals surface area contributed by atoms with Gasteiger partial charge in [0.15, 0.2) is 5.82 Å². The van der Waals surface area contributed by atoms with Gasteiger partial charge in [0.05, 0.1) is 0 Å². The minimum absolute atomic E-state index is 0.0910. The van der Waals surface area contributed by atoms with Gasteiger partial charge in [0.2, 0.25) is 0 Å². The summed E-state index contributed by atoms with van der Waals surface area (Å²) >= 11 is 1.79. The van der Waals surface area contributed by atoms with Crippen molar-refractivity contribution < 1.29 is 0 Å². The van der Waals surface area contributed by atoms with Crippen LogP contribution in [0.1, 0.15) is 16.7 Å². The largest absolute Gasteiger partial charge is 0.363 e. The van der Waals surface area contributed by atoms with Gasteiger partial charge in [-0.25, -0.2) is 4.98 Å². The van der Waals surface area contributed by atoms with E-state index in [0.29, 0.717) is 5.82 Å². The number of rotatable bonds is 4. The molecule has 0 aliphatic carbocycles. The number of aromatic nitrogens is 2. The molecule has 4 nitrogen and oxygen atoms in total. The van der Waals surface area contributed by atoms with Crippen LogP contribution in [0, 0.1) is 6.92 Å². The second-order valence-electron chi connectivity index (χ2n) is 4.45. The van der Waals surface area contributed by atoms with Gasteiger partial charge in [0.1, 0.15) is 0 Å². The maximum absolute atomic E-state index is 11.8. The second-order valence-corrected chi connectivity index (χ2v) is 5.83. The van der Waals surface area contributed by atoms with Crippen molar-refractivity contribution in [1.29, 1.82) is 0 Å². The van der Waals surface area contributed by atoms with Crippen LogP contribution in [0.25, 0.3) is 0 Å².